The Bertz CT molecular complexity index is 306. The van der Waals surface area contributed by atoms with Crippen molar-refractivity contribution in [3.8, 4) is 0 Å². The van der Waals surface area contributed by atoms with Gasteiger partial charge in [-0.15, -0.1) is 0 Å². The molecule has 2 nitrogen and oxygen atoms in total. The van der Waals surface area contributed by atoms with E-state index in [1.807, 2.05) is 6.26 Å². The quantitative estimate of drug-likeness (QED) is 0.728. The maximum absolute atomic E-state index is 5.54. The normalized spacial score (nSPS) is 14.8. The van der Waals surface area contributed by atoms with Crippen LogP contribution < -0.4 is 5.32 Å². The van der Waals surface area contributed by atoms with Crippen LogP contribution in [0.15, 0.2) is 16.7 Å². The maximum atomic E-state index is 5.54. The first-order valence-electron chi connectivity index (χ1n) is 7.02. The van der Waals surface area contributed by atoms with Gasteiger partial charge in [-0.05, 0) is 24.9 Å². The second-order valence-corrected chi connectivity index (χ2v) is 4.89. The van der Waals surface area contributed by atoms with Gasteiger partial charge in [-0.3, -0.25) is 0 Å². The fraction of sp³-hybridized carbons (Fsp3) is 0.733. The average molecular weight is 237 g/mol. The molecule has 0 aliphatic carbocycles. The van der Waals surface area contributed by atoms with Crippen molar-refractivity contribution in [1.29, 1.82) is 0 Å². The van der Waals surface area contributed by atoms with Crippen LogP contribution in [0.1, 0.15) is 64.3 Å². The van der Waals surface area contributed by atoms with E-state index in [2.05, 4.69) is 39.1 Å². The fourth-order valence-corrected chi connectivity index (χ4v) is 2.53. The second-order valence-electron chi connectivity index (χ2n) is 4.89. The molecule has 0 saturated carbocycles. The molecule has 0 amide bonds. The molecule has 2 atom stereocenters. The molecule has 17 heavy (non-hydrogen) atoms. The first-order chi connectivity index (χ1) is 8.22. The van der Waals surface area contributed by atoms with Crippen LogP contribution in [-0.4, -0.2) is 6.54 Å². The fourth-order valence-electron chi connectivity index (χ4n) is 2.53. The number of aryl methyl sites for hydroxylation is 1. The van der Waals surface area contributed by atoms with Gasteiger partial charge in [-0.2, -0.15) is 0 Å². The van der Waals surface area contributed by atoms with Crippen LogP contribution in [0, 0.1) is 5.92 Å². The van der Waals surface area contributed by atoms with Gasteiger partial charge in [0, 0.05) is 18.0 Å². The molecule has 0 bridgehead atoms. The van der Waals surface area contributed by atoms with Crippen LogP contribution in [0.5, 0.6) is 0 Å². The lowest BCUT2D eigenvalue weighted by atomic mass is 9.92. The molecule has 0 fully saturated rings. The molecule has 0 radical (unpaired) electrons. The number of hydrogen-bond acceptors (Lipinski definition) is 2. The van der Waals surface area contributed by atoms with Crippen molar-refractivity contribution in [1.82, 2.24) is 5.32 Å². The minimum Gasteiger partial charge on any atom is -0.469 e. The highest BCUT2D eigenvalue weighted by Gasteiger charge is 2.18. The van der Waals surface area contributed by atoms with Crippen LogP contribution in [0.25, 0.3) is 0 Å². The molecule has 1 heterocycles. The minimum atomic E-state index is 0.454. The Kier molecular flexibility index (Phi) is 6.35. The zero-order chi connectivity index (χ0) is 12.7. The van der Waals surface area contributed by atoms with Crippen molar-refractivity contribution in [3.63, 3.8) is 0 Å². The zero-order valence-electron chi connectivity index (χ0n) is 11.8. The van der Waals surface area contributed by atoms with E-state index >= 15 is 0 Å². The predicted octanol–water partition coefficient (Wildman–Crippen LogP) is 4.32. The molecule has 98 valence electrons. The smallest absolute Gasteiger partial charge is 0.108 e. The Hall–Kier alpha value is -0.760. The van der Waals surface area contributed by atoms with Gasteiger partial charge in [0.15, 0.2) is 0 Å². The van der Waals surface area contributed by atoms with Crippen molar-refractivity contribution in [2.75, 3.05) is 6.54 Å². The molecule has 0 aromatic carbocycles. The van der Waals surface area contributed by atoms with E-state index in [0.29, 0.717) is 6.04 Å². The summed E-state index contributed by atoms with van der Waals surface area (Å²) in [6.07, 6.45) is 6.58. The van der Waals surface area contributed by atoms with Gasteiger partial charge in [0.2, 0.25) is 0 Å². The van der Waals surface area contributed by atoms with Gasteiger partial charge in [-0.1, -0.05) is 40.5 Å². The van der Waals surface area contributed by atoms with E-state index in [9.17, 15) is 0 Å². The monoisotopic (exact) mass is 237 g/mol. The molecule has 1 aromatic rings. The van der Waals surface area contributed by atoms with E-state index in [-0.39, 0.29) is 0 Å². The molecule has 1 rings (SSSR count). The summed E-state index contributed by atoms with van der Waals surface area (Å²) in [5, 5.41) is 3.59. The van der Waals surface area contributed by atoms with Crippen molar-refractivity contribution in [3.05, 3.63) is 23.7 Å². The van der Waals surface area contributed by atoms with Crippen LogP contribution in [0.2, 0.25) is 0 Å². The lowest BCUT2D eigenvalue weighted by Crippen LogP contribution is -2.23. The van der Waals surface area contributed by atoms with Crippen molar-refractivity contribution < 1.29 is 4.42 Å². The Balaban J connectivity index is 2.71. The molecule has 0 aliphatic heterocycles. The van der Waals surface area contributed by atoms with Gasteiger partial charge in [-0.25, -0.2) is 0 Å². The molecular formula is C15H27NO. The summed E-state index contributed by atoms with van der Waals surface area (Å²) in [6.45, 7) is 9.94. The second kappa shape index (κ2) is 7.54. The van der Waals surface area contributed by atoms with E-state index in [4.69, 9.17) is 4.42 Å². The van der Waals surface area contributed by atoms with Gasteiger partial charge < -0.3 is 9.73 Å². The molecule has 2 unspecified atom stereocenters. The lowest BCUT2D eigenvalue weighted by Gasteiger charge is -2.21. The summed E-state index contributed by atoms with van der Waals surface area (Å²) in [4.78, 5) is 0. The minimum absolute atomic E-state index is 0.454. The summed E-state index contributed by atoms with van der Waals surface area (Å²) < 4.78 is 5.54. The molecular weight excluding hydrogens is 210 g/mol. The predicted molar refractivity (Wildman–Crippen MR) is 73.2 cm³/mol. The van der Waals surface area contributed by atoms with Crippen LogP contribution in [-0.2, 0) is 6.42 Å². The highest BCUT2D eigenvalue weighted by molar-refractivity contribution is 5.21. The standard InChI is InChI=1S/C15H27NO/c1-5-8-12(4)11-14(16-7-3)13-9-10-17-15(13)6-2/h9-10,12,14,16H,5-8,11H2,1-4H3. The van der Waals surface area contributed by atoms with Crippen LogP contribution in [0.3, 0.4) is 0 Å². The molecule has 2 heteroatoms. The zero-order valence-corrected chi connectivity index (χ0v) is 11.8. The SMILES string of the molecule is CCCC(C)CC(NCC)c1ccoc1CC. The highest BCUT2D eigenvalue weighted by Crippen LogP contribution is 2.27. The topological polar surface area (TPSA) is 25.2 Å². The van der Waals surface area contributed by atoms with Gasteiger partial charge in [0.25, 0.3) is 0 Å². The summed E-state index contributed by atoms with van der Waals surface area (Å²) >= 11 is 0. The Morgan fingerprint density at radius 3 is 2.65 bits per heavy atom. The van der Waals surface area contributed by atoms with Crippen LogP contribution >= 0.6 is 0 Å². The molecule has 0 aliphatic rings. The first-order valence-corrected chi connectivity index (χ1v) is 7.02. The summed E-state index contributed by atoms with van der Waals surface area (Å²) in [7, 11) is 0. The third-order valence-corrected chi connectivity index (χ3v) is 3.35. The van der Waals surface area contributed by atoms with Crippen LogP contribution in [0.4, 0.5) is 0 Å². The molecule has 0 saturated heterocycles. The third-order valence-electron chi connectivity index (χ3n) is 3.35. The Labute approximate surface area is 106 Å². The van der Waals surface area contributed by atoms with Gasteiger partial charge >= 0.3 is 0 Å². The van der Waals surface area contributed by atoms with Crippen molar-refractivity contribution in [2.24, 2.45) is 5.92 Å². The number of nitrogens with one attached hydrogen (secondary N) is 1. The Morgan fingerprint density at radius 1 is 1.29 bits per heavy atom. The third kappa shape index (κ3) is 4.19. The highest BCUT2D eigenvalue weighted by atomic mass is 16.3. The molecule has 1 N–H and O–H groups in total. The van der Waals surface area contributed by atoms with E-state index in [1.165, 1.54) is 24.8 Å². The van der Waals surface area contributed by atoms with Gasteiger partial charge in [0.05, 0.1) is 6.26 Å². The number of rotatable bonds is 8. The molecule has 1 aromatic heterocycles. The van der Waals surface area contributed by atoms with Gasteiger partial charge in [0.1, 0.15) is 5.76 Å². The van der Waals surface area contributed by atoms with E-state index < -0.39 is 0 Å². The van der Waals surface area contributed by atoms with E-state index in [1.54, 1.807) is 0 Å². The average Bonchev–Trinajstić information content (AvgIpc) is 2.76. The maximum Gasteiger partial charge on any atom is 0.108 e. The van der Waals surface area contributed by atoms with Crippen molar-refractivity contribution in [2.45, 2.75) is 59.4 Å². The number of hydrogen-bond donors (Lipinski definition) is 1. The summed E-state index contributed by atoms with van der Waals surface area (Å²) in [5.41, 5.74) is 1.36. The number of furan rings is 1. The largest absolute Gasteiger partial charge is 0.469 e. The lowest BCUT2D eigenvalue weighted by molar-refractivity contribution is 0.388. The first kappa shape index (κ1) is 14.3. The Morgan fingerprint density at radius 2 is 2.06 bits per heavy atom. The summed E-state index contributed by atoms with van der Waals surface area (Å²) in [5.74, 6) is 1.91. The summed E-state index contributed by atoms with van der Waals surface area (Å²) in [6, 6.07) is 2.58. The van der Waals surface area contributed by atoms with E-state index in [0.717, 1.165) is 24.6 Å². The molecule has 0 spiro atoms. The van der Waals surface area contributed by atoms with Crippen molar-refractivity contribution >= 4 is 0 Å².